The molecule has 1 N–H and O–H groups in total. The molecule has 14 heteroatoms. The van der Waals surface area contributed by atoms with Crippen molar-refractivity contribution in [3.8, 4) is 11.5 Å². The van der Waals surface area contributed by atoms with Gasteiger partial charge in [-0.1, -0.05) is 155 Å². The van der Waals surface area contributed by atoms with Crippen LogP contribution in [0.1, 0.15) is 105 Å². The van der Waals surface area contributed by atoms with E-state index in [4.69, 9.17) is 18.9 Å². The van der Waals surface area contributed by atoms with E-state index in [1.165, 1.54) is 23.5 Å². The fourth-order valence-corrected chi connectivity index (χ4v) is 12.1. The predicted molar refractivity (Wildman–Crippen MR) is 241 cm³/mol. The number of fused-ring (bicyclic) bond motifs is 2. The quantitative estimate of drug-likeness (QED) is 0.0288. The van der Waals surface area contributed by atoms with Crippen LogP contribution in [0.25, 0.3) is 5.57 Å². The standard InChI is InChI=1S/C46H53NO9S4/c1-7-13-17-23-29(10-4)42(50)56-35-37-36(57-45(58-37)32(30-24-18-15-19-25-30)40(48)47-31-26-20-16-21-27-31)34(55-41(49)28(9-3)22-14-8-2)38-39(35)60-46(59-38)33(43(51)53-11-5)44(52)54-12-6/h15-16,18-21,24-29H,7-14,17,22-23H2,1-6H3,(H,47,48)/b45-32-. The van der Waals surface area contributed by atoms with Gasteiger partial charge in [-0.3, -0.25) is 14.4 Å². The monoisotopic (exact) mass is 891 g/mol. The number of amides is 1. The molecule has 1 amide bonds. The van der Waals surface area contributed by atoms with Gasteiger partial charge in [0, 0.05) is 5.69 Å². The van der Waals surface area contributed by atoms with Crippen molar-refractivity contribution in [2.75, 3.05) is 18.5 Å². The van der Waals surface area contributed by atoms with Crippen LogP contribution in [-0.2, 0) is 33.4 Å². The first-order valence-corrected chi connectivity index (χ1v) is 24.0. The lowest BCUT2D eigenvalue weighted by atomic mass is 9.99. The number of carbonyl (C=O) groups is 5. The Balaban J connectivity index is 1.77. The molecule has 0 spiro atoms. The number of ether oxygens (including phenoxy) is 4. The van der Waals surface area contributed by atoms with E-state index in [0.29, 0.717) is 66.3 Å². The van der Waals surface area contributed by atoms with Crippen LogP contribution in [0.2, 0.25) is 0 Å². The fourth-order valence-electron chi connectivity index (χ4n) is 6.55. The molecule has 0 fully saturated rings. The molecule has 2 aliphatic heterocycles. The molecule has 10 nitrogen and oxygen atoms in total. The summed E-state index contributed by atoms with van der Waals surface area (Å²) in [4.78, 5) is 71.3. The number of benzene rings is 3. The highest BCUT2D eigenvalue weighted by Crippen LogP contribution is 2.69. The Labute approximate surface area is 370 Å². The first kappa shape index (κ1) is 46.9. The van der Waals surface area contributed by atoms with Crippen LogP contribution in [0.5, 0.6) is 11.5 Å². The maximum atomic E-state index is 14.3. The number of rotatable bonds is 20. The number of hydrogen-bond acceptors (Lipinski definition) is 13. The van der Waals surface area contributed by atoms with E-state index in [1.54, 1.807) is 13.8 Å². The van der Waals surface area contributed by atoms with Gasteiger partial charge in [0.25, 0.3) is 5.91 Å². The molecule has 3 aromatic carbocycles. The van der Waals surface area contributed by atoms with E-state index in [2.05, 4.69) is 19.2 Å². The maximum absolute atomic E-state index is 14.3. The van der Waals surface area contributed by atoms with Crippen molar-refractivity contribution < 1.29 is 42.9 Å². The van der Waals surface area contributed by atoms with Gasteiger partial charge in [-0.15, -0.1) is 0 Å². The van der Waals surface area contributed by atoms with E-state index in [0.717, 1.165) is 55.6 Å². The molecule has 2 unspecified atom stereocenters. The van der Waals surface area contributed by atoms with E-state index >= 15 is 0 Å². The smallest absolute Gasteiger partial charge is 0.347 e. The Hall–Kier alpha value is -4.11. The molecule has 2 heterocycles. The van der Waals surface area contributed by atoms with Crippen molar-refractivity contribution in [1.29, 1.82) is 0 Å². The highest BCUT2D eigenvalue weighted by atomic mass is 32.2. The Morgan fingerprint density at radius 3 is 1.47 bits per heavy atom. The van der Waals surface area contributed by atoms with Crippen molar-refractivity contribution in [1.82, 2.24) is 0 Å². The number of carbonyl (C=O) groups excluding carboxylic acids is 5. The molecule has 2 aliphatic rings. The molecule has 320 valence electrons. The minimum atomic E-state index is -0.859. The first-order valence-electron chi connectivity index (χ1n) is 20.7. The zero-order chi connectivity index (χ0) is 43.2. The first-order chi connectivity index (χ1) is 29.1. The van der Waals surface area contributed by atoms with Gasteiger partial charge in [0.05, 0.1) is 58.7 Å². The average molecular weight is 892 g/mol. The number of esters is 4. The minimum absolute atomic E-state index is 0.0217. The van der Waals surface area contributed by atoms with E-state index in [-0.39, 0.29) is 40.4 Å². The Kier molecular flexibility index (Phi) is 18.2. The molecule has 0 bridgehead atoms. The lowest BCUT2D eigenvalue weighted by molar-refractivity contribution is -0.147. The third-order valence-electron chi connectivity index (χ3n) is 9.82. The van der Waals surface area contributed by atoms with Crippen molar-refractivity contribution >= 4 is 88.1 Å². The molecule has 60 heavy (non-hydrogen) atoms. The lowest BCUT2D eigenvalue weighted by Crippen LogP contribution is -2.22. The van der Waals surface area contributed by atoms with Crippen LogP contribution in [0.3, 0.4) is 0 Å². The largest absolute Gasteiger partial charge is 0.462 e. The van der Waals surface area contributed by atoms with Crippen molar-refractivity contribution in [3.05, 3.63) is 80.3 Å². The predicted octanol–water partition coefficient (Wildman–Crippen LogP) is 12.1. The van der Waals surface area contributed by atoms with Gasteiger partial charge in [0.15, 0.2) is 17.1 Å². The van der Waals surface area contributed by atoms with Crippen molar-refractivity contribution in [2.24, 2.45) is 11.8 Å². The number of para-hydroxylation sites is 1. The molecular weight excluding hydrogens is 839 g/mol. The minimum Gasteiger partial charge on any atom is -0.462 e. The Bertz CT molecular complexity index is 2080. The Morgan fingerprint density at radius 2 is 1.02 bits per heavy atom. The molecule has 3 aromatic rings. The summed E-state index contributed by atoms with van der Waals surface area (Å²) in [7, 11) is 0. The van der Waals surface area contributed by atoms with Gasteiger partial charge in [0.1, 0.15) is 0 Å². The molecule has 0 saturated heterocycles. The second kappa shape index (κ2) is 23.2. The third-order valence-corrected chi connectivity index (χ3v) is 15.0. The molecule has 0 saturated carbocycles. The number of hydrogen-bond donors (Lipinski definition) is 1. The van der Waals surface area contributed by atoms with Gasteiger partial charge in [-0.2, -0.15) is 0 Å². The number of unbranched alkanes of at least 4 members (excludes halogenated alkanes) is 3. The fraction of sp³-hybridized carbons (Fsp3) is 0.413. The Morgan fingerprint density at radius 1 is 0.567 bits per heavy atom. The van der Waals surface area contributed by atoms with Crippen LogP contribution in [0.4, 0.5) is 5.69 Å². The SMILES string of the molecule is CCCCCC(CC)C(=O)Oc1c2c(c(OC(=O)C(CC)CCCC)c3c1S/C(=C(\C(=O)Nc1ccccc1)c1ccccc1)S3)SC(=C(C(=O)OCC)C(=O)OCC)S2. The summed E-state index contributed by atoms with van der Waals surface area (Å²) in [6, 6.07) is 18.5. The summed E-state index contributed by atoms with van der Waals surface area (Å²) in [5.74, 6) is -3.28. The van der Waals surface area contributed by atoms with Crippen molar-refractivity contribution in [3.63, 3.8) is 0 Å². The van der Waals surface area contributed by atoms with Gasteiger partial charge < -0.3 is 24.3 Å². The molecule has 0 aliphatic carbocycles. The van der Waals surface area contributed by atoms with Crippen LogP contribution in [0, 0.1) is 11.8 Å². The topological polar surface area (TPSA) is 134 Å². The van der Waals surface area contributed by atoms with Crippen LogP contribution < -0.4 is 14.8 Å². The van der Waals surface area contributed by atoms with Gasteiger partial charge in [-0.05, 0) is 57.2 Å². The van der Waals surface area contributed by atoms with Crippen LogP contribution in [0.15, 0.2) is 94.3 Å². The summed E-state index contributed by atoms with van der Waals surface area (Å²) < 4.78 is 24.4. The second-order valence-corrected chi connectivity index (χ2v) is 18.6. The van der Waals surface area contributed by atoms with E-state index in [1.807, 2.05) is 74.5 Å². The average Bonchev–Trinajstić information content (AvgIpc) is 3.88. The lowest BCUT2D eigenvalue weighted by Gasteiger charge is -2.20. The second-order valence-electron chi connectivity index (χ2n) is 14.0. The molecule has 0 aromatic heterocycles. The summed E-state index contributed by atoms with van der Waals surface area (Å²) in [6.45, 7) is 11.4. The van der Waals surface area contributed by atoms with E-state index in [9.17, 15) is 24.0 Å². The maximum Gasteiger partial charge on any atom is 0.347 e. The van der Waals surface area contributed by atoms with Gasteiger partial charge >= 0.3 is 23.9 Å². The zero-order valence-electron chi connectivity index (χ0n) is 35.0. The molecule has 5 rings (SSSR count). The zero-order valence-corrected chi connectivity index (χ0v) is 38.3. The van der Waals surface area contributed by atoms with Gasteiger partial charge in [-0.25, -0.2) is 9.59 Å². The normalized spacial score (nSPS) is 14.7. The molecule has 2 atom stereocenters. The summed E-state index contributed by atoms with van der Waals surface area (Å²) in [5, 5.41) is 3.04. The van der Waals surface area contributed by atoms with Crippen LogP contribution >= 0.6 is 47.0 Å². The highest BCUT2D eigenvalue weighted by molar-refractivity contribution is 8.26. The number of anilines is 1. The van der Waals surface area contributed by atoms with Crippen LogP contribution in [-0.4, -0.2) is 43.0 Å². The molecule has 0 radical (unpaired) electrons. The third kappa shape index (κ3) is 11.4. The van der Waals surface area contributed by atoms with Gasteiger partial charge in [0.2, 0.25) is 0 Å². The van der Waals surface area contributed by atoms with Crippen molar-refractivity contribution in [2.45, 2.75) is 119 Å². The highest BCUT2D eigenvalue weighted by Gasteiger charge is 2.43. The molecular formula is C46H53NO9S4. The summed E-state index contributed by atoms with van der Waals surface area (Å²) in [5.41, 5.74) is 1.36. The summed E-state index contributed by atoms with van der Waals surface area (Å²) in [6.07, 6.45) is 6.99. The number of nitrogens with one attached hydrogen (secondary N) is 1. The summed E-state index contributed by atoms with van der Waals surface area (Å²) >= 11 is 4.64. The van der Waals surface area contributed by atoms with E-state index < -0.39 is 35.7 Å². The number of thioether (sulfide) groups is 4.